The van der Waals surface area contributed by atoms with Gasteiger partial charge in [0.1, 0.15) is 5.01 Å². The summed E-state index contributed by atoms with van der Waals surface area (Å²) in [6.45, 7) is 1.59. The van der Waals surface area contributed by atoms with Gasteiger partial charge in [-0.25, -0.2) is 4.98 Å². The van der Waals surface area contributed by atoms with Gasteiger partial charge in [0.15, 0.2) is 0 Å². The molecule has 0 bridgehead atoms. The van der Waals surface area contributed by atoms with Gasteiger partial charge in [-0.1, -0.05) is 30.3 Å². The zero-order valence-corrected chi connectivity index (χ0v) is 14.7. The number of nitrogens with one attached hydrogen (secondary N) is 1. The zero-order valence-electron chi connectivity index (χ0n) is 13.9. The standard InChI is InChI=1S/C19H20N4OS/c24-18(23-10-4-7-15(12-23)17-8-9-20-22-17)11-16-13-25-19(21-16)14-5-2-1-3-6-14/h1-3,5-6,8-9,13,15H,4,7,10-12H2,(H,20,22)/t15-/m1/s1. The molecule has 1 amide bonds. The first kappa shape index (κ1) is 16.0. The maximum Gasteiger partial charge on any atom is 0.228 e. The van der Waals surface area contributed by atoms with Crippen LogP contribution in [0.5, 0.6) is 0 Å². The molecule has 128 valence electrons. The monoisotopic (exact) mass is 352 g/mol. The summed E-state index contributed by atoms with van der Waals surface area (Å²) in [5, 5.41) is 10.0. The summed E-state index contributed by atoms with van der Waals surface area (Å²) >= 11 is 1.59. The summed E-state index contributed by atoms with van der Waals surface area (Å²) in [4.78, 5) is 19.3. The maximum absolute atomic E-state index is 12.7. The van der Waals surface area contributed by atoms with E-state index in [1.807, 2.05) is 46.7 Å². The Morgan fingerprint density at radius 3 is 2.96 bits per heavy atom. The van der Waals surface area contributed by atoms with E-state index in [2.05, 4.69) is 15.2 Å². The first-order valence-corrected chi connectivity index (χ1v) is 9.44. The minimum absolute atomic E-state index is 0.161. The predicted octanol–water partition coefficient (Wildman–Crippen LogP) is 3.48. The number of rotatable bonds is 4. The number of benzene rings is 1. The number of piperidine rings is 1. The Hall–Kier alpha value is -2.47. The molecule has 1 atom stereocenters. The number of hydrogen-bond donors (Lipinski definition) is 1. The van der Waals surface area contributed by atoms with E-state index in [4.69, 9.17) is 0 Å². The molecule has 2 aromatic heterocycles. The Morgan fingerprint density at radius 1 is 1.28 bits per heavy atom. The minimum atomic E-state index is 0.161. The van der Waals surface area contributed by atoms with Gasteiger partial charge in [0.05, 0.1) is 12.1 Å². The minimum Gasteiger partial charge on any atom is -0.342 e. The summed E-state index contributed by atoms with van der Waals surface area (Å²) in [5.41, 5.74) is 3.08. The Labute approximate surface area is 150 Å². The van der Waals surface area contributed by atoms with Gasteiger partial charge in [-0.2, -0.15) is 5.10 Å². The van der Waals surface area contributed by atoms with Crippen LogP contribution in [0.15, 0.2) is 48.0 Å². The van der Waals surface area contributed by atoms with Crippen LogP contribution in [0, 0.1) is 0 Å². The zero-order chi connectivity index (χ0) is 17.1. The quantitative estimate of drug-likeness (QED) is 0.782. The molecule has 0 radical (unpaired) electrons. The highest BCUT2D eigenvalue weighted by molar-refractivity contribution is 7.13. The average molecular weight is 352 g/mol. The van der Waals surface area contributed by atoms with Gasteiger partial charge in [-0.15, -0.1) is 11.3 Å². The third-order valence-corrected chi connectivity index (χ3v) is 5.58. The van der Waals surface area contributed by atoms with Crippen molar-refractivity contribution in [1.82, 2.24) is 20.1 Å². The smallest absolute Gasteiger partial charge is 0.228 e. The van der Waals surface area contributed by atoms with Gasteiger partial charge in [-0.05, 0) is 18.9 Å². The first-order valence-electron chi connectivity index (χ1n) is 8.56. The average Bonchev–Trinajstić information content (AvgIpc) is 3.35. The van der Waals surface area contributed by atoms with Crippen LogP contribution in [0.1, 0.15) is 30.1 Å². The molecule has 5 nitrogen and oxygen atoms in total. The summed E-state index contributed by atoms with van der Waals surface area (Å²) in [6.07, 6.45) is 4.28. The predicted molar refractivity (Wildman–Crippen MR) is 98.4 cm³/mol. The first-order chi connectivity index (χ1) is 12.3. The van der Waals surface area contributed by atoms with Crippen molar-refractivity contribution in [2.75, 3.05) is 13.1 Å². The number of nitrogens with zero attached hydrogens (tertiary/aromatic N) is 3. The lowest BCUT2D eigenvalue weighted by molar-refractivity contribution is -0.131. The van der Waals surface area contributed by atoms with E-state index in [9.17, 15) is 4.79 Å². The van der Waals surface area contributed by atoms with Crippen molar-refractivity contribution in [2.24, 2.45) is 0 Å². The van der Waals surface area contributed by atoms with E-state index in [0.717, 1.165) is 47.9 Å². The Bertz CT molecular complexity index is 828. The van der Waals surface area contributed by atoms with E-state index in [0.29, 0.717) is 12.3 Å². The molecule has 25 heavy (non-hydrogen) atoms. The third-order valence-electron chi connectivity index (χ3n) is 4.64. The van der Waals surface area contributed by atoms with Crippen molar-refractivity contribution >= 4 is 17.2 Å². The van der Waals surface area contributed by atoms with Gasteiger partial charge in [0.2, 0.25) is 5.91 Å². The van der Waals surface area contributed by atoms with E-state index in [-0.39, 0.29) is 5.91 Å². The molecule has 0 unspecified atom stereocenters. The number of thiazole rings is 1. The molecule has 1 N–H and O–H groups in total. The molecular formula is C19H20N4OS. The largest absolute Gasteiger partial charge is 0.342 e. The molecule has 0 saturated carbocycles. The lowest BCUT2D eigenvalue weighted by Gasteiger charge is -2.32. The van der Waals surface area contributed by atoms with Crippen LogP contribution in [0.3, 0.4) is 0 Å². The molecule has 1 aliphatic heterocycles. The highest BCUT2D eigenvalue weighted by Gasteiger charge is 2.25. The molecule has 1 fully saturated rings. The number of carbonyl (C=O) groups is 1. The molecular weight excluding hydrogens is 332 g/mol. The van der Waals surface area contributed by atoms with Crippen LogP contribution in [-0.4, -0.2) is 39.1 Å². The fraction of sp³-hybridized carbons (Fsp3) is 0.316. The number of aromatic amines is 1. The Balaban J connectivity index is 1.41. The lowest BCUT2D eigenvalue weighted by atomic mass is 9.94. The molecule has 1 aliphatic rings. The molecule has 0 spiro atoms. The second-order valence-electron chi connectivity index (χ2n) is 6.38. The highest BCUT2D eigenvalue weighted by atomic mass is 32.1. The van der Waals surface area contributed by atoms with E-state index < -0.39 is 0 Å². The number of aromatic nitrogens is 3. The van der Waals surface area contributed by atoms with Crippen LogP contribution in [-0.2, 0) is 11.2 Å². The van der Waals surface area contributed by atoms with Crippen molar-refractivity contribution < 1.29 is 4.79 Å². The second-order valence-corrected chi connectivity index (χ2v) is 7.24. The number of H-pyrrole nitrogens is 1. The summed E-state index contributed by atoms with van der Waals surface area (Å²) < 4.78 is 0. The fourth-order valence-electron chi connectivity index (χ4n) is 3.32. The topological polar surface area (TPSA) is 61.9 Å². The van der Waals surface area contributed by atoms with Crippen molar-refractivity contribution in [2.45, 2.75) is 25.2 Å². The highest BCUT2D eigenvalue weighted by Crippen LogP contribution is 2.27. The third kappa shape index (κ3) is 3.64. The fourth-order valence-corrected chi connectivity index (χ4v) is 4.15. The summed E-state index contributed by atoms with van der Waals surface area (Å²) in [7, 11) is 0. The maximum atomic E-state index is 12.7. The molecule has 3 heterocycles. The van der Waals surface area contributed by atoms with Crippen molar-refractivity contribution in [3.8, 4) is 10.6 Å². The van der Waals surface area contributed by atoms with Gasteiger partial charge >= 0.3 is 0 Å². The van der Waals surface area contributed by atoms with Crippen LogP contribution >= 0.6 is 11.3 Å². The van der Waals surface area contributed by atoms with Gasteiger partial charge < -0.3 is 4.90 Å². The number of carbonyl (C=O) groups excluding carboxylic acids is 1. The molecule has 4 rings (SSSR count). The van der Waals surface area contributed by atoms with E-state index >= 15 is 0 Å². The number of amides is 1. The molecule has 3 aromatic rings. The number of likely N-dealkylation sites (tertiary alicyclic amines) is 1. The SMILES string of the molecule is O=C(Cc1csc(-c2ccccc2)n1)N1CCC[C@@H](c2ccn[nH]2)C1. The summed E-state index contributed by atoms with van der Waals surface area (Å²) in [5.74, 6) is 0.518. The van der Waals surface area contributed by atoms with Gasteiger partial charge in [-0.3, -0.25) is 9.89 Å². The molecule has 1 aromatic carbocycles. The van der Waals surface area contributed by atoms with Crippen molar-refractivity contribution in [3.05, 3.63) is 59.4 Å². The van der Waals surface area contributed by atoms with Crippen LogP contribution in [0.25, 0.3) is 10.6 Å². The second kappa shape index (κ2) is 7.19. The van der Waals surface area contributed by atoms with E-state index in [1.165, 1.54) is 0 Å². The van der Waals surface area contributed by atoms with Crippen LogP contribution in [0.4, 0.5) is 0 Å². The normalized spacial score (nSPS) is 17.6. The number of hydrogen-bond acceptors (Lipinski definition) is 4. The van der Waals surface area contributed by atoms with E-state index in [1.54, 1.807) is 17.5 Å². The van der Waals surface area contributed by atoms with Crippen molar-refractivity contribution in [3.63, 3.8) is 0 Å². The van der Waals surface area contributed by atoms with Gasteiger partial charge in [0.25, 0.3) is 0 Å². The molecule has 6 heteroatoms. The molecule has 1 saturated heterocycles. The molecule has 0 aliphatic carbocycles. The van der Waals surface area contributed by atoms with Crippen molar-refractivity contribution in [1.29, 1.82) is 0 Å². The summed E-state index contributed by atoms with van der Waals surface area (Å²) in [6, 6.07) is 12.1. The Kier molecular flexibility index (Phi) is 4.61. The van der Waals surface area contributed by atoms with Gasteiger partial charge in [0, 0.05) is 41.8 Å². The van der Waals surface area contributed by atoms with Crippen LogP contribution < -0.4 is 0 Å². The Morgan fingerprint density at radius 2 is 2.16 bits per heavy atom. The van der Waals surface area contributed by atoms with Crippen LogP contribution in [0.2, 0.25) is 0 Å². The lowest BCUT2D eigenvalue weighted by Crippen LogP contribution is -2.40.